The number of likely N-dealkylation sites (N-methyl/N-ethyl adjacent to an activating group) is 1. The first kappa shape index (κ1) is 4.13. The molecule has 1 aliphatic heterocycles. The quantitative estimate of drug-likeness (QED) is 0.371. The second kappa shape index (κ2) is 0.969. The van der Waals surface area contributed by atoms with Crippen LogP contribution in [-0.4, -0.2) is 19.1 Å². The van der Waals surface area contributed by atoms with Crippen LogP contribution in [0.3, 0.4) is 0 Å². The van der Waals surface area contributed by atoms with Gasteiger partial charge in [-0.2, -0.15) is 0 Å². The molecule has 0 spiro atoms. The van der Waals surface area contributed by atoms with Crippen molar-refractivity contribution in [1.29, 1.82) is 0 Å². The van der Waals surface area contributed by atoms with Gasteiger partial charge in [0.15, 0.2) is 0 Å². The van der Waals surface area contributed by atoms with Gasteiger partial charge < -0.3 is 4.90 Å². The molecule has 1 aliphatic rings. The van der Waals surface area contributed by atoms with Gasteiger partial charge in [-0.1, -0.05) is 0 Å². The highest BCUT2D eigenvalue weighted by Gasteiger charge is 2.42. The van der Waals surface area contributed by atoms with Crippen LogP contribution in [-0.2, 0) is 0 Å². The molecule has 0 aromatic heterocycles. The van der Waals surface area contributed by atoms with Gasteiger partial charge in [0.25, 0.3) is 0 Å². The Morgan fingerprint density at radius 2 is 1.33 bits per heavy atom. The molecule has 1 fully saturated rings. The molecular formula is C5H12N+. The molecule has 1 rings (SSSR count). The Bertz CT molecular complexity index is 40.7. The molecule has 0 amide bonds. The summed E-state index contributed by atoms with van der Waals surface area (Å²) < 4.78 is 0. The lowest BCUT2D eigenvalue weighted by atomic mass is 10.4. The fourth-order valence-corrected chi connectivity index (χ4v) is 0.776. The van der Waals surface area contributed by atoms with Crippen molar-refractivity contribution >= 4 is 0 Å². The van der Waals surface area contributed by atoms with Crippen molar-refractivity contribution in [2.75, 3.05) is 7.05 Å². The van der Waals surface area contributed by atoms with E-state index in [0.29, 0.717) is 0 Å². The molecule has 2 atom stereocenters. The van der Waals surface area contributed by atoms with Crippen molar-refractivity contribution in [2.45, 2.75) is 25.9 Å². The van der Waals surface area contributed by atoms with Crippen molar-refractivity contribution < 1.29 is 4.90 Å². The summed E-state index contributed by atoms with van der Waals surface area (Å²) in [6.45, 7) is 4.56. The number of hydrogen-bond donors (Lipinski definition) is 1. The molecule has 1 saturated heterocycles. The first-order valence-electron chi connectivity index (χ1n) is 2.57. The summed E-state index contributed by atoms with van der Waals surface area (Å²) >= 11 is 0. The van der Waals surface area contributed by atoms with E-state index in [2.05, 4.69) is 20.9 Å². The summed E-state index contributed by atoms with van der Waals surface area (Å²) in [5.41, 5.74) is 0. The minimum atomic E-state index is 0.935. The number of rotatable bonds is 0. The Kier molecular flexibility index (Phi) is 0.667. The molecule has 1 N–H and O–H groups in total. The second-order valence-electron chi connectivity index (χ2n) is 2.32. The van der Waals surface area contributed by atoms with E-state index in [1.165, 1.54) is 0 Å². The minimum Gasteiger partial charge on any atom is -0.323 e. The lowest BCUT2D eigenvalue weighted by molar-refractivity contribution is -0.762. The van der Waals surface area contributed by atoms with Crippen molar-refractivity contribution in [3.8, 4) is 0 Å². The average Bonchev–Trinajstić information content (AvgIpc) is 1.94. The van der Waals surface area contributed by atoms with E-state index >= 15 is 0 Å². The van der Waals surface area contributed by atoms with Crippen LogP contribution in [0.4, 0.5) is 0 Å². The first-order chi connectivity index (χ1) is 2.73. The highest BCUT2D eigenvalue weighted by Crippen LogP contribution is 1.94. The lowest BCUT2D eigenvalue weighted by Crippen LogP contribution is -2.91. The molecule has 1 heteroatoms. The van der Waals surface area contributed by atoms with E-state index in [1.807, 2.05) is 0 Å². The van der Waals surface area contributed by atoms with E-state index < -0.39 is 0 Å². The lowest BCUT2D eigenvalue weighted by Gasteiger charge is -1.74. The van der Waals surface area contributed by atoms with Gasteiger partial charge in [-0.3, -0.25) is 0 Å². The van der Waals surface area contributed by atoms with Crippen LogP contribution in [0.5, 0.6) is 0 Å². The average molecular weight is 86.2 g/mol. The third-order valence-electron chi connectivity index (χ3n) is 2.08. The van der Waals surface area contributed by atoms with Gasteiger partial charge in [-0.05, 0) is 13.8 Å². The third kappa shape index (κ3) is 0.350. The summed E-state index contributed by atoms with van der Waals surface area (Å²) in [4.78, 5) is 1.68. The Labute approximate surface area is 39.0 Å². The van der Waals surface area contributed by atoms with E-state index in [1.54, 1.807) is 4.90 Å². The van der Waals surface area contributed by atoms with Gasteiger partial charge in [0.1, 0.15) is 12.1 Å². The summed E-state index contributed by atoms with van der Waals surface area (Å²) in [7, 11) is 2.23. The first-order valence-corrected chi connectivity index (χ1v) is 2.57. The molecule has 0 aromatic rings. The fourth-order valence-electron chi connectivity index (χ4n) is 0.776. The zero-order valence-corrected chi connectivity index (χ0v) is 4.65. The predicted octanol–water partition coefficient (Wildman–Crippen LogP) is -0.708. The third-order valence-corrected chi connectivity index (χ3v) is 2.08. The van der Waals surface area contributed by atoms with Crippen molar-refractivity contribution in [1.82, 2.24) is 0 Å². The Morgan fingerprint density at radius 3 is 1.33 bits per heavy atom. The zero-order valence-electron chi connectivity index (χ0n) is 4.65. The number of quaternary nitrogens is 1. The monoisotopic (exact) mass is 86.1 g/mol. The van der Waals surface area contributed by atoms with Crippen LogP contribution >= 0.6 is 0 Å². The van der Waals surface area contributed by atoms with Crippen LogP contribution in [0, 0.1) is 0 Å². The van der Waals surface area contributed by atoms with Crippen molar-refractivity contribution in [2.24, 2.45) is 0 Å². The topological polar surface area (TPSA) is 4.44 Å². The van der Waals surface area contributed by atoms with E-state index in [9.17, 15) is 0 Å². The van der Waals surface area contributed by atoms with Crippen LogP contribution in [0.2, 0.25) is 0 Å². The van der Waals surface area contributed by atoms with Gasteiger partial charge in [0.05, 0.1) is 7.05 Å². The van der Waals surface area contributed by atoms with E-state index in [4.69, 9.17) is 0 Å². The van der Waals surface area contributed by atoms with Gasteiger partial charge in [-0.15, -0.1) is 0 Å². The standard InChI is InChI=1S/C5H11N/c1-4-5(2)6(4)3/h4-5H,1-3H3/p+1. The van der Waals surface area contributed by atoms with Gasteiger partial charge in [0, 0.05) is 0 Å². The SMILES string of the molecule is CC1C(C)[NH+]1C. The summed E-state index contributed by atoms with van der Waals surface area (Å²) in [6.07, 6.45) is 0. The summed E-state index contributed by atoms with van der Waals surface area (Å²) in [5.74, 6) is 0. The Balaban J connectivity index is 2.31. The largest absolute Gasteiger partial charge is 0.323 e. The molecule has 36 valence electrons. The maximum atomic E-state index is 2.28. The molecular weight excluding hydrogens is 74.1 g/mol. The maximum Gasteiger partial charge on any atom is 0.137 e. The van der Waals surface area contributed by atoms with Crippen LogP contribution in [0.15, 0.2) is 0 Å². The van der Waals surface area contributed by atoms with Crippen LogP contribution in [0.1, 0.15) is 13.8 Å². The minimum absolute atomic E-state index is 0.935. The molecule has 1 heterocycles. The fraction of sp³-hybridized carbons (Fsp3) is 1.00. The molecule has 0 aliphatic carbocycles. The molecule has 0 saturated carbocycles. The van der Waals surface area contributed by atoms with Crippen LogP contribution < -0.4 is 4.90 Å². The molecule has 0 radical (unpaired) electrons. The molecule has 6 heavy (non-hydrogen) atoms. The van der Waals surface area contributed by atoms with Gasteiger partial charge in [-0.25, -0.2) is 0 Å². The normalized spacial score (nSPS) is 55.5. The van der Waals surface area contributed by atoms with Crippen molar-refractivity contribution in [3.05, 3.63) is 0 Å². The molecule has 0 aromatic carbocycles. The van der Waals surface area contributed by atoms with Crippen LogP contribution in [0.25, 0.3) is 0 Å². The van der Waals surface area contributed by atoms with Gasteiger partial charge in [0.2, 0.25) is 0 Å². The number of hydrogen-bond acceptors (Lipinski definition) is 0. The predicted molar refractivity (Wildman–Crippen MR) is 25.8 cm³/mol. The molecule has 1 nitrogen and oxygen atoms in total. The second-order valence-corrected chi connectivity index (χ2v) is 2.32. The highest BCUT2D eigenvalue weighted by molar-refractivity contribution is 4.68. The van der Waals surface area contributed by atoms with E-state index in [-0.39, 0.29) is 0 Å². The molecule has 2 unspecified atom stereocenters. The smallest absolute Gasteiger partial charge is 0.137 e. The number of nitrogens with one attached hydrogen (secondary N) is 1. The maximum absolute atomic E-state index is 2.28. The zero-order chi connectivity index (χ0) is 4.73. The Hall–Kier alpha value is -0.0400. The van der Waals surface area contributed by atoms with E-state index in [0.717, 1.165) is 12.1 Å². The highest BCUT2D eigenvalue weighted by atomic mass is 15.3. The summed E-state index contributed by atoms with van der Waals surface area (Å²) in [6, 6.07) is 1.87. The van der Waals surface area contributed by atoms with Gasteiger partial charge >= 0.3 is 0 Å². The summed E-state index contributed by atoms with van der Waals surface area (Å²) in [5, 5.41) is 0. The Morgan fingerprint density at radius 1 is 1.17 bits per heavy atom. The van der Waals surface area contributed by atoms with Crippen molar-refractivity contribution in [3.63, 3.8) is 0 Å². The molecule has 0 bridgehead atoms.